The summed E-state index contributed by atoms with van der Waals surface area (Å²) in [6.07, 6.45) is 2.64. The highest BCUT2D eigenvalue weighted by Crippen LogP contribution is 2.25. The number of halogens is 1. The van der Waals surface area contributed by atoms with Gasteiger partial charge in [-0.3, -0.25) is 4.79 Å². The topological polar surface area (TPSA) is 56.1 Å². The summed E-state index contributed by atoms with van der Waals surface area (Å²) in [4.78, 5) is 14.0. The Kier molecular flexibility index (Phi) is 4.70. The van der Waals surface area contributed by atoms with Crippen molar-refractivity contribution in [1.82, 2.24) is 5.32 Å². The standard InChI is InChI=1S/C15H18FN3O/c1-2-7-18-13-4-3-8-19(15(13)20)14-6-5-12(16)9-11(14)10-17/h5-6,9,13,18H,2-4,7-8H2,1H3. The second-order valence-corrected chi connectivity index (χ2v) is 4.91. The number of rotatable bonds is 4. The first-order chi connectivity index (χ1) is 9.67. The Hall–Kier alpha value is -1.93. The fourth-order valence-corrected chi connectivity index (χ4v) is 2.46. The van der Waals surface area contributed by atoms with E-state index in [2.05, 4.69) is 5.32 Å². The van der Waals surface area contributed by atoms with Gasteiger partial charge in [0, 0.05) is 6.54 Å². The number of nitrogens with zero attached hydrogens (tertiary/aromatic N) is 2. The number of anilines is 1. The number of nitriles is 1. The lowest BCUT2D eigenvalue weighted by Crippen LogP contribution is -2.51. The van der Waals surface area contributed by atoms with Crippen molar-refractivity contribution in [2.45, 2.75) is 32.2 Å². The number of nitrogens with one attached hydrogen (secondary N) is 1. The number of hydrogen-bond donors (Lipinski definition) is 1. The molecule has 2 rings (SSSR count). The number of carbonyl (C=O) groups excluding carboxylic acids is 1. The molecule has 1 unspecified atom stereocenters. The molecule has 0 saturated carbocycles. The molecule has 0 bridgehead atoms. The van der Waals surface area contributed by atoms with Crippen LogP contribution in [0.25, 0.3) is 0 Å². The van der Waals surface area contributed by atoms with Crippen molar-refractivity contribution >= 4 is 11.6 Å². The van der Waals surface area contributed by atoms with Gasteiger partial charge in [-0.15, -0.1) is 0 Å². The second-order valence-electron chi connectivity index (χ2n) is 4.91. The minimum Gasteiger partial charge on any atom is -0.310 e. The number of amides is 1. The second kappa shape index (κ2) is 6.49. The van der Waals surface area contributed by atoms with Gasteiger partial charge in [0.25, 0.3) is 0 Å². The zero-order valence-electron chi connectivity index (χ0n) is 11.5. The molecule has 106 valence electrons. The minimum absolute atomic E-state index is 0.0344. The van der Waals surface area contributed by atoms with E-state index >= 15 is 0 Å². The van der Waals surface area contributed by atoms with Crippen LogP contribution in [-0.4, -0.2) is 25.0 Å². The zero-order chi connectivity index (χ0) is 14.5. The van der Waals surface area contributed by atoms with Gasteiger partial charge in [0.2, 0.25) is 5.91 Å². The molecule has 1 heterocycles. The van der Waals surface area contributed by atoms with Gasteiger partial charge in [-0.05, 0) is 44.0 Å². The number of carbonyl (C=O) groups is 1. The van der Waals surface area contributed by atoms with Crippen molar-refractivity contribution in [3.8, 4) is 6.07 Å². The molecule has 4 nitrogen and oxygen atoms in total. The fourth-order valence-electron chi connectivity index (χ4n) is 2.46. The lowest BCUT2D eigenvalue weighted by molar-refractivity contribution is -0.121. The maximum Gasteiger partial charge on any atom is 0.244 e. The Balaban J connectivity index is 2.24. The molecular formula is C15H18FN3O. The van der Waals surface area contributed by atoms with Crippen LogP contribution in [0.5, 0.6) is 0 Å². The van der Waals surface area contributed by atoms with Gasteiger partial charge in [0.1, 0.15) is 11.9 Å². The molecule has 1 N–H and O–H groups in total. The first-order valence-electron chi connectivity index (χ1n) is 6.91. The quantitative estimate of drug-likeness (QED) is 0.916. The summed E-state index contributed by atoms with van der Waals surface area (Å²) in [5, 5.41) is 12.3. The molecule has 1 atom stereocenters. The Morgan fingerprint density at radius 1 is 1.55 bits per heavy atom. The predicted octanol–water partition coefficient (Wildman–Crippen LogP) is 2.19. The summed E-state index contributed by atoms with van der Waals surface area (Å²) in [5.74, 6) is -0.497. The van der Waals surface area contributed by atoms with E-state index in [0.717, 1.165) is 25.8 Å². The lowest BCUT2D eigenvalue weighted by Gasteiger charge is -2.33. The van der Waals surface area contributed by atoms with Gasteiger partial charge < -0.3 is 10.2 Å². The van der Waals surface area contributed by atoms with Crippen molar-refractivity contribution in [3.63, 3.8) is 0 Å². The average molecular weight is 275 g/mol. The van der Waals surface area contributed by atoms with Crippen molar-refractivity contribution in [2.24, 2.45) is 0 Å². The van der Waals surface area contributed by atoms with E-state index in [-0.39, 0.29) is 17.5 Å². The van der Waals surface area contributed by atoms with Crippen LogP contribution in [0.3, 0.4) is 0 Å². The third-order valence-corrected chi connectivity index (χ3v) is 3.45. The van der Waals surface area contributed by atoms with Gasteiger partial charge in [0.15, 0.2) is 0 Å². The van der Waals surface area contributed by atoms with Crippen LogP contribution < -0.4 is 10.2 Å². The Morgan fingerprint density at radius 3 is 3.05 bits per heavy atom. The number of piperidine rings is 1. The normalized spacial score (nSPS) is 18.9. The maximum absolute atomic E-state index is 13.2. The molecule has 1 fully saturated rings. The number of hydrogen-bond acceptors (Lipinski definition) is 3. The highest BCUT2D eigenvalue weighted by Gasteiger charge is 2.30. The molecule has 1 saturated heterocycles. The van der Waals surface area contributed by atoms with E-state index in [0.29, 0.717) is 12.2 Å². The first-order valence-corrected chi connectivity index (χ1v) is 6.91. The molecule has 0 spiro atoms. The van der Waals surface area contributed by atoms with Gasteiger partial charge in [-0.1, -0.05) is 6.92 Å². The molecule has 1 aromatic rings. The minimum atomic E-state index is -0.463. The van der Waals surface area contributed by atoms with Crippen LogP contribution >= 0.6 is 0 Å². The van der Waals surface area contributed by atoms with E-state index in [1.165, 1.54) is 18.2 Å². The van der Waals surface area contributed by atoms with Crippen molar-refractivity contribution in [3.05, 3.63) is 29.6 Å². The highest BCUT2D eigenvalue weighted by atomic mass is 19.1. The maximum atomic E-state index is 13.2. The summed E-state index contributed by atoms with van der Waals surface area (Å²) in [6.45, 7) is 3.41. The third-order valence-electron chi connectivity index (χ3n) is 3.45. The predicted molar refractivity (Wildman–Crippen MR) is 74.8 cm³/mol. The molecule has 0 aliphatic carbocycles. The molecule has 1 aliphatic rings. The van der Waals surface area contributed by atoms with E-state index < -0.39 is 5.82 Å². The summed E-state index contributed by atoms with van der Waals surface area (Å²) >= 11 is 0. The monoisotopic (exact) mass is 275 g/mol. The van der Waals surface area contributed by atoms with Crippen LogP contribution in [0.4, 0.5) is 10.1 Å². The van der Waals surface area contributed by atoms with Gasteiger partial charge in [-0.25, -0.2) is 4.39 Å². The summed E-state index contributed by atoms with van der Waals surface area (Å²) in [7, 11) is 0. The summed E-state index contributed by atoms with van der Waals surface area (Å²) in [5.41, 5.74) is 0.705. The Labute approximate surface area is 118 Å². The zero-order valence-corrected chi connectivity index (χ0v) is 11.5. The summed E-state index contributed by atoms with van der Waals surface area (Å²) in [6, 6.07) is 5.71. The molecule has 1 aliphatic heterocycles. The first kappa shape index (κ1) is 14.5. The molecule has 1 amide bonds. The van der Waals surface area contributed by atoms with E-state index in [4.69, 9.17) is 5.26 Å². The molecule has 5 heteroatoms. The molecule has 0 radical (unpaired) electrons. The van der Waals surface area contributed by atoms with E-state index in [9.17, 15) is 9.18 Å². The number of benzene rings is 1. The molecule has 20 heavy (non-hydrogen) atoms. The Morgan fingerprint density at radius 2 is 2.35 bits per heavy atom. The largest absolute Gasteiger partial charge is 0.310 e. The van der Waals surface area contributed by atoms with Crippen LogP contribution in [0.15, 0.2) is 18.2 Å². The Bertz CT molecular complexity index is 538. The van der Waals surface area contributed by atoms with Gasteiger partial charge in [0.05, 0.1) is 17.3 Å². The SMILES string of the molecule is CCCNC1CCCN(c2ccc(F)cc2C#N)C1=O. The molecule has 0 aromatic heterocycles. The molecule has 1 aromatic carbocycles. The van der Waals surface area contributed by atoms with Crippen LogP contribution in [0.2, 0.25) is 0 Å². The summed E-state index contributed by atoms with van der Waals surface area (Å²) < 4.78 is 13.2. The van der Waals surface area contributed by atoms with Crippen molar-refractivity contribution in [1.29, 1.82) is 5.26 Å². The van der Waals surface area contributed by atoms with E-state index in [1.807, 2.05) is 13.0 Å². The van der Waals surface area contributed by atoms with Crippen LogP contribution in [0.1, 0.15) is 31.7 Å². The fraction of sp³-hybridized carbons (Fsp3) is 0.467. The lowest BCUT2D eigenvalue weighted by atomic mass is 10.0. The van der Waals surface area contributed by atoms with E-state index in [1.54, 1.807) is 4.90 Å². The molecular weight excluding hydrogens is 257 g/mol. The van der Waals surface area contributed by atoms with Crippen LogP contribution in [-0.2, 0) is 4.79 Å². The van der Waals surface area contributed by atoms with Crippen molar-refractivity contribution in [2.75, 3.05) is 18.0 Å². The van der Waals surface area contributed by atoms with Gasteiger partial charge >= 0.3 is 0 Å². The van der Waals surface area contributed by atoms with Crippen LogP contribution in [0, 0.1) is 17.1 Å². The van der Waals surface area contributed by atoms with Crippen molar-refractivity contribution < 1.29 is 9.18 Å². The smallest absolute Gasteiger partial charge is 0.244 e. The third kappa shape index (κ3) is 2.97. The average Bonchev–Trinajstić information content (AvgIpc) is 2.46. The highest BCUT2D eigenvalue weighted by molar-refractivity contribution is 5.99. The van der Waals surface area contributed by atoms with Gasteiger partial charge in [-0.2, -0.15) is 5.26 Å².